The highest BCUT2D eigenvalue weighted by Crippen LogP contribution is 2.32. The molecule has 1 aromatic carbocycles. The number of nitrogens with zero attached hydrogens (tertiary/aromatic N) is 4. The Hall–Kier alpha value is -0.880. The van der Waals surface area contributed by atoms with Crippen LogP contribution in [-0.2, 0) is 0 Å². The predicted octanol–water partition coefficient (Wildman–Crippen LogP) is 3.68. The lowest BCUT2D eigenvalue weighted by Crippen LogP contribution is -2.23. The molecule has 0 bridgehead atoms. The van der Waals surface area contributed by atoms with Gasteiger partial charge in [-0.1, -0.05) is 41.7 Å². The second kappa shape index (κ2) is 6.72. The molecule has 8 heteroatoms. The Kier molecular flexibility index (Phi) is 5.21. The maximum Gasteiger partial charge on any atom is 0.173 e. The van der Waals surface area contributed by atoms with Crippen LogP contribution in [-0.4, -0.2) is 26.8 Å². The van der Waals surface area contributed by atoms with E-state index in [1.54, 1.807) is 12.1 Å². The van der Waals surface area contributed by atoms with Crippen molar-refractivity contribution in [1.29, 1.82) is 0 Å². The molecule has 0 fully saturated rings. The number of benzene rings is 1. The first kappa shape index (κ1) is 15.5. The molecular formula is C12H14Cl3N5. The Bertz CT molecular complexity index is 576. The van der Waals surface area contributed by atoms with E-state index in [-0.39, 0.29) is 6.04 Å². The first-order valence-electron chi connectivity index (χ1n) is 6.21. The normalized spacial score (nSPS) is 12.7. The molecule has 2 rings (SSSR count). The lowest BCUT2D eigenvalue weighted by atomic mass is 10.2. The standard InChI is InChI=1S/C12H14Cl3N5/c1-3-4-16-7(2)12-17-18-19-20(12)11-9(14)5-8(13)6-10(11)15/h5-7,16H,3-4H2,1-2H3. The van der Waals surface area contributed by atoms with E-state index >= 15 is 0 Å². The summed E-state index contributed by atoms with van der Waals surface area (Å²) < 4.78 is 1.54. The zero-order valence-corrected chi connectivity index (χ0v) is 13.3. The number of hydrogen-bond donors (Lipinski definition) is 1. The summed E-state index contributed by atoms with van der Waals surface area (Å²) >= 11 is 18.3. The third-order valence-corrected chi connectivity index (χ3v) is 3.57. The van der Waals surface area contributed by atoms with Crippen LogP contribution in [0.2, 0.25) is 15.1 Å². The highest BCUT2D eigenvalue weighted by molar-refractivity contribution is 6.40. The topological polar surface area (TPSA) is 55.6 Å². The van der Waals surface area contributed by atoms with Crippen molar-refractivity contribution in [3.05, 3.63) is 33.0 Å². The molecule has 0 amide bonds. The van der Waals surface area contributed by atoms with Crippen molar-refractivity contribution >= 4 is 34.8 Å². The van der Waals surface area contributed by atoms with Gasteiger partial charge in [0, 0.05) is 5.02 Å². The van der Waals surface area contributed by atoms with Gasteiger partial charge in [0.05, 0.1) is 16.1 Å². The van der Waals surface area contributed by atoms with Crippen LogP contribution < -0.4 is 5.32 Å². The minimum absolute atomic E-state index is 0.0206. The summed E-state index contributed by atoms with van der Waals surface area (Å²) in [5.41, 5.74) is 0.530. The Morgan fingerprint density at radius 2 is 1.90 bits per heavy atom. The number of halogens is 3. The van der Waals surface area contributed by atoms with Crippen LogP contribution in [0.15, 0.2) is 12.1 Å². The fourth-order valence-electron chi connectivity index (χ4n) is 1.81. The molecule has 20 heavy (non-hydrogen) atoms. The van der Waals surface area contributed by atoms with Crippen LogP contribution in [0.25, 0.3) is 5.69 Å². The highest BCUT2D eigenvalue weighted by Gasteiger charge is 2.19. The Labute approximate surface area is 132 Å². The molecule has 1 N–H and O–H groups in total. The smallest absolute Gasteiger partial charge is 0.173 e. The van der Waals surface area contributed by atoms with Crippen LogP contribution in [0.3, 0.4) is 0 Å². The minimum atomic E-state index is -0.0206. The number of nitrogens with one attached hydrogen (secondary N) is 1. The van der Waals surface area contributed by atoms with Gasteiger partial charge in [-0.05, 0) is 42.4 Å². The van der Waals surface area contributed by atoms with Crippen LogP contribution in [0.4, 0.5) is 0 Å². The summed E-state index contributed by atoms with van der Waals surface area (Å²) in [6.45, 7) is 4.95. The first-order chi connectivity index (χ1) is 9.54. The van der Waals surface area contributed by atoms with Gasteiger partial charge in [-0.3, -0.25) is 0 Å². The SMILES string of the molecule is CCCNC(C)c1nnnn1-c1c(Cl)cc(Cl)cc1Cl. The van der Waals surface area contributed by atoms with Gasteiger partial charge in [0.25, 0.3) is 0 Å². The van der Waals surface area contributed by atoms with Gasteiger partial charge in [-0.15, -0.1) is 5.10 Å². The zero-order valence-electron chi connectivity index (χ0n) is 11.1. The molecule has 1 unspecified atom stereocenters. The van der Waals surface area contributed by atoms with Gasteiger partial charge >= 0.3 is 0 Å². The second-order valence-corrected chi connectivity index (χ2v) is 5.59. The van der Waals surface area contributed by atoms with Gasteiger partial charge in [-0.2, -0.15) is 4.68 Å². The molecule has 0 aliphatic heterocycles. The average Bonchev–Trinajstić information content (AvgIpc) is 2.83. The number of aromatic nitrogens is 4. The number of rotatable bonds is 5. The van der Waals surface area contributed by atoms with Crippen molar-refractivity contribution in [2.75, 3.05) is 6.54 Å². The molecule has 1 heterocycles. The van der Waals surface area contributed by atoms with E-state index in [0.29, 0.717) is 26.6 Å². The monoisotopic (exact) mass is 333 g/mol. The molecule has 0 radical (unpaired) electrons. The van der Waals surface area contributed by atoms with Gasteiger partial charge < -0.3 is 5.32 Å². The number of hydrogen-bond acceptors (Lipinski definition) is 4. The summed E-state index contributed by atoms with van der Waals surface area (Å²) in [7, 11) is 0. The van der Waals surface area contributed by atoms with E-state index < -0.39 is 0 Å². The maximum atomic E-state index is 6.20. The van der Waals surface area contributed by atoms with Crippen LogP contribution in [0.5, 0.6) is 0 Å². The summed E-state index contributed by atoms with van der Waals surface area (Å²) in [4.78, 5) is 0. The summed E-state index contributed by atoms with van der Waals surface area (Å²) in [5, 5.41) is 16.3. The lowest BCUT2D eigenvalue weighted by Gasteiger charge is -2.14. The molecule has 0 spiro atoms. The number of tetrazole rings is 1. The quantitative estimate of drug-likeness (QED) is 0.906. The van der Waals surface area contributed by atoms with Gasteiger partial charge in [0.2, 0.25) is 0 Å². The summed E-state index contributed by atoms with van der Waals surface area (Å²) in [5.74, 6) is 0.643. The molecule has 108 valence electrons. The summed E-state index contributed by atoms with van der Waals surface area (Å²) in [6, 6.07) is 3.20. The fourth-order valence-corrected chi connectivity index (χ4v) is 2.79. The molecule has 1 atom stereocenters. The van der Waals surface area contributed by atoms with Crippen molar-refractivity contribution in [3.8, 4) is 5.69 Å². The van der Waals surface area contributed by atoms with Crippen molar-refractivity contribution in [3.63, 3.8) is 0 Å². The zero-order chi connectivity index (χ0) is 14.7. The van der Waals surface area contributed by atoms with Crippen LogP contribution in [0.1, 0.15) is 32.1 Å². The Morgan fingerprint density at radius 3 is 2.50 bits per heavy atom. The molecule has 1 aromatic heterocycles. The van der Waals surface area contributed by atoms with Crippen LogP contribution >= 0.6 is 34.8 Å². The second-order valence-electron chi connectivity index (χ2n) is 4.34. The van der Waals surface area contributed by atoms with Crippen molar-refractivity contribution in [2.45, 2.75) is 26.3 Å². The first-order valence-corrected chi connectivity index (χ1v) is 7.34. The summed E-state index contributed by atoms with van der Waals surface area (Å²) in [6.07, 6.45) is 1.02. The lowest BCUT2D eigenvalue weighted by molar-refractivity contribution is 0.531. The third-order valence-electron chi connectivity index (χ3n) is 2.77. The molecule has 5 nitrogen and oxygen atoms in total. The fraction of sp³-hybridized carbons (Fsp3) is 0.417. The Balaban J connectivity index is 2.42. The molecule has 0 aliphatic carbocycles. The van der Waals surface area contributed by atoms with E-state index in [4.69, 9.17) is 34.8 Å². The van der Waals surface area contributed by atoms with Crippen molar-refractivity contribution < 1.29 is 0 Å². The van der Waals surface area contributed by atoms with Crippen molar-refractivity contribution in [1.82, 2.24) is 25.5 Å². The minimum Gasteiger partial charge on any atom is -0.307 e. The van der Waals surface area contributed by atoms with Crippen molar-refractivity contribution in [2.24, 2.45) is 0 Å². The van der Waals surface area contributed by atoms with Crippen LogP contribution in [0, 0.1) is 0 Å². The van der Waals surface area contributed by atoms with E-state index in [2.05, 4.69) is 27.8 Å². The predicted molar refractivity (Wildman–Crippen MR) is 80.9 cm³/mol. The molecular weight excluding hydrogens is 321 g/mol. The van der Waals surface area contributed by atoms with E-state index in [0.717, 1.165) is 13.0 Å². The average molecular weight is 335 g/mol. The van der Waals surface area contributed by atoms with E-state index in [9.17, 15) is 0 Å². The van der Waals surface area contributed by atoms with Gasteiger partial charge in [-0.25, -0.2) is 0 Å². The Morgan fingerprint density at radius 1 is 1.25 bits per heavy atom. The van der Waals surface area contributed by atoms with E-state index in [1.165, 1.54) is 4.68 Å². The molecule has 0 saturated carbocycles. The maximum absolute atomic E-state index is 6.20. The van der Waals surface area contributed by atoms with E-state index in [1.807, 2.05) is 6.92 Å². The molecule has 2 aromatic rings. The van der Waals surface area contributed by atoms with Gasteiger partial charge in [0.15, 0.2) is 5.82 Å². The van der Waals surface area contributed by atoms with Gasteiger partial charge in [0.1, 0.15) is 5.69 Å². The largest absolute Gasteiger partial charge is 0.307 e. The molecule has 0 saturated heterocycles. The molecule has 0 aliphatic rings. The third kappa shape index (κ3) is 3.23. The highest BCUT2D eigenvalue weighted by atomic mass is 35.5.